The summed E-state index contributed by atoms with van der Waals surface area (Å²) in [6.07, 6.45) is 5.70. The van der Waals surface area contributed by atoms with Crippen molar-refractivity contribution in [2.45, 2.75) is 0 Å². The number of pyridine rings is 2. The van der Waals surface area contributed by atoms with Crippen LogP contribution in [0.3, 0.4) is 0 Å². The predicted octanol–water partition coefficient (Wildman–Crippen LogP) is 4.85. The number of carbonyl (C=O) groups is 2. The molecule has 0 saturated heterocycles. The van der Waals surface area contributed by atoms with Gasteiger partial charge in [0.15, 0.2) is 0 Å². The van der Waals surface area contributed by atoms with E-state index in [2.05, 4.69) is 19.4 Å². The van der Waals surface area contributed by atoms with Crippen molar-refractivity contribution < 1.29 is 23.5 Å². The first kappa shape index (κ1) is 22.3. The van der Waals surface area contributed by atoms with E-state index in [0.29, 0.717) is 15.6 Å². The lowest BCUT2D eigenvalue weighted by atomic mass is 10.0. The van der Waals surface area contributed by atoms with Gasteiger partial charge in [-0.3, -0.25) is 9.97 Å². The van der Waals surface area contributed by atoms with Crippen molar-refractivity contribution in [3.63, 3.8) is 0 Å². The second-order valence-electron chi connectivity index (χ2n) is 5.38. The maximum atomic E-state index is 13.8. The number of esters is 2. The van der Waals surface area contributed by atoms with Crippen LogP contribution in [0.5, 0.6) is 0 Å². The number of methoxy groups -OCH3 is 2. The number of benzene rings is 1. The van der Waals surface area contributed by atoms with E-state index in [9.17, 15) is 14.0 Å². The molecule has 0 amide bonds. The Morgan fingerprint density at radius 1 is 0.862 bits per heavy atom. The molecule has 6 nitrogen and oxygen atoms in total. The molecule has 0 atom stereocenters. The van der Waals surface area contributed by atoms with Gasteiger partial charge >= 0.3 is 11.9 Å². The number of rotatable bonds is 3. The smallest absolute Gasteiger partial charge is 0.340 e. The molecule has 0 unspecified atom stereocenters. The van der Waals surface area contributed by atoms with Crippen molar-refractivity contribution in [2.24, 2.45) is 0 Å². The summed E-state index contributed by atoms with van der Waals surface area (Å²) in [6.45, 7) is 0. The van der Waals surface area contributed by atoms with Gasteiger partial charge in [0.2, 0.25) is 0 Å². The van der Waals surface area contributed by atoms with Gasteiger partial charge in [0.05, 0.1) is 30.4 Å². The van der Waals surface area contributed by atoms with Crippen LogP contribution in [0.25, 0.3) is 11.1 Å². The van der Waals surface area contributed by atoms with E-state index in [1.807, 2.05) is 0 Å². The Morgan fingerprint density at radius 2 is 1.45 bits per heavy atom. The molecule has 3 aromatic rings. The van der Waals surface area contributed by atoms with Crippen LogP contribution < -0.4 is 0 Å². The van der Waals surface area contributed by atoms with E-state index in [0.717, 1.165) is 0 Å². The van der Waals surface area contributed by atoms with Crippen LogP contribution in [-0.2, 0) is 9.47 Å². The standard InChI is InChI=1S/C13H9ClFNO2.C7H6ClNO2/c1-18-13(17)11-7-16-5-4-9(11)10-3-2-8(14)6-12(10)15;1-11-7(10)5-4-9-3-2-6(5)8/h2-7H,1H3;2-4H,1H3. The molecule has 3 rings (SSSR count). The van der Waals surface area contributed by atoms with E-state index >= 15 is 0 Å². The summed E-state index contributed by atoms with van der Waals surface area (Å²) in [7, 11) is 2.56. The number of ether oxygens (including phenoxy) is 2. The van der Waals surface area contributed by atoms with Crippen molar-refractivity contribution in [1.29, 1.82) is 0 Å². The zero-order valence-corrected chi connectivity index (χ0v) is 16.9. The number of hydrogen-bond acceptors (Lipinski definition) is 6. The second-order valence-corrected chi connectivity index (χ2v) is 6.23. The minimum atomic E-state index is -0.563. The van der Waals surface area contributed by atoms with E-state index in [-0.39, 0.29) is 16.7 Å². The summed E-state index contributed by atoms with van der Waals surface area (Å²) in [4.78, 5) is 30.0. The van der Waals surface area contributed by atoms with Gasteiger partial charge in [0.1, 0.15) is 5.82 Å². The molecule has 0 saturated carbocycles. The minimum absolute atomic E-state index is 0.209. The first-order valence-corrected chi connectivity index (χ1v) is 8.80. The summed E-state index contributed by atoms with van der Waals surface area (Å²) >= 11 is 11.3. The largest absolute Gasteiger partial charge is 0.465 e. The number of aromatic nitrogens is 2. The highest BCUT2D eigenvalue weighted by atomic mass is 35.5. The lowest BCUT2D eigenvalue weighted by Gasteiger charge is -2.08. The molecule has 2 aromatic heterocycles. The van der Waals surface area contributed by atoms with E-state index in [1.54, 1.807) is 12.1 Å². The van der Waals surface area contributed by atoms with Gasteiger partial charge in [-0.1, -0.05) is 23.2 Å². The molecule has 9 heteroatoms. The molecule has 2 heterocycles. The van der Waals surface area contributed by atoms with Crippen LogP contribution in [0.15, 0.2) is 55.1 Å². The van der Waals surface area contributed by atoms with Gasteiger partial charge < -0.3 is 9.47 Å². The summed E-state index contributed by atoms with van der Waals surface area (Å²) in [6, 6.07) is 7.35. The lowest BCUT2D eigenvalue weighted by Crippen LogP contribution is -2.04. The van der Waals surface area contributed by atoms with Crippen molar-refractivity contribution in [3.05, 3.63) is 82.1 Å². The summed E-state index contributed by atoms with van der Waals surface area (Å²) in [5.74, 6) is -1.53. The average Bonchev–Trinajstić information content (AvgIpc) is 2.73. The number of hydrogen-bond donors (Lipinski definition) is 0. The van der Waals surface area contributed by atoms with Crippen molar-refractivity contribution >= 4 is 35.1 Å². The Labute approximate surface area is 176 Å². The Kier molecular flexibility index (Phi) is 8.06. The van der Waals surface area contributed by atoms with Gasteiger partial charge in [0, 0.05) is 40.9 Å². The topological polar surface area (TPSA) is 78.4 Å². The average molecular weight is 437 g/mol. The number of nitrogens with zero attached hydrogens (tertiary/aromatic N) is 2. The number of halogens is 3. The molecule has 0 radical (unpaired) electrons. The Hall–Kier alpha value is -3.03. The van der Waals surface area contributed by atoms with Gasteiger partial charge in [0.25, 0.3) is 0 Å². The van der Waals surface area contributed by atoms with Crippen LogP contribution >= 0.6 is 23.2 Å². The molecule has 0 fully saturated rings. The van der Waals surface area contributed by atoms with Gasteiger partial charge in [-0.25, -0.2) is 14.0 Å². The second kappa shape index (κ2) is 10.5. The molecule has 0 aliphatic heterocycles. The summed E-state index contributed by atoms with van der Waals surface area (Å²) < 4.78 is 22.9. The zero-order chi connectivity index (χ0) is 21.4. The lowest BCUT2D eigenvalue weighted by molar-refractivity contribution is 0.0592. The predicted molar refractivity (Wildman–Crippen MR) is 107 cm³/mol. The molecular weight excluding hydrogens is 422 g/mol. The van der Waals surface area contributed by atoms with Gasteiger partial charge in [-0.2, -0.15) is 0 Å². The van der Waals surface area contributed by atoms with Crippen LogP contribution in [0.1, 0.15) is 20.7 Å². The van der Waals surface area contributed by atoms with Crippen molar-refractivity contribution in [1.82, 2.24) is 9.97 Å². The van der Waals surface area contributed by atoms with E-state index in [4.69, 9.17) is 23.2 Å². The molecule has 0 N–H and O–H groups in total. The first-order chi connectivity index (χ1) is 13.9. The fourth-order valence-electron chi connectivity index (χ4n) is 2.25. The first-order valence-electron chi connectivity index (χ1n) is 8.04. The normalized spacial score (nSPS) is 9.83. The Morgan fingerprint density at radius 3 is 2.03 bits per heavy atom. The van der Waals surface area contributed by atoms with Crippen LogP contribution in [0, 0.1) is 5.82 Å². The minimum Gasteiger partial charge on any atom is -0.465 e. The fraction of sp³-hybridized carbons (Fsp3) is 0.100. The van der Waals surface area contributed by atoms with E-state index < -0.39 is 17.8 Å². The highest BCUT2D eigenvalue weighted by molar-refractivity contribution is 6.33. The maximum absolute atomic E-state index is 13.8. The Bertz CT molecular complexity index is 1030. The highest BCUT2D eigenvalue weighted by Crippen LogP contribution is 2.28. The molecule has 1 aromatic carbocycles. The molecule has 0 bridgehead atoms. The van der Waals surface area contributed by atoms with Gasteiger partial charge in [-0.05, 0) is 30.3 Å². The van der Waals surface area contributed by atoms with Crippen molar-refractivity contribution in [2.75, 3.05) is 14.2 Å². The molecule has 150 valence electrons. The van der Waals surface area contributed by atoms with E-state index in [1.165, 1.54) is 57.2 Å². The SMILES string of the molecule is COC(=O)c1cnccc1-c1ccc(Cl)cc1F.COC(=O)c1cnccc1Cl. The maximum Gasteiger partial charge on any atom is 0.340 e. The zero-order valence-electron chi connectivity index (χ0n) is 15.4. The third-order valence-electron chi connectivity index (χ3n) is 3.62. The highest BCUT2D eigenvalue weighted by Gasteiger charge is 2.16. The molecule has 29 heavy (non-hydrogen) atoms. The monoisotopic (exact) mass is 436 g/mol. The third-order valence-corrected chi connectivity index (χ3v) is 4.19. The summed E-state index contributed by atoms with van der Waals surface area (Å²) in [5.41, 5.74) is 1.20. The van der Waals surface area contributed by atoms with Crippen LogP contribution in [0.4, 0.5) is 4.39 Å². The van der Waals surface area contributed by atoms with Crippen molar-refractivity contribution in [3.8, 4) is 11.1 Å². The summed E-state index contributed by atoms with van der Waals surface area (Å²) in [5, 5.41) is 0.650. The Balaban J connectivity index is 0.000000234. The van der Waals surface area contributed by atoms with Crippen LogP contribution in [-0.4, -0.2) is 36.1 Å². The molecule has 0 spiro atoms. The van der Waals surface area contributed by atoms with Crippen LogP contribution in [0.2, 0.25) is 10.0 Å². The molecule has 0 aliphatic carbocycles. The van der Waals surface area contributed by atoms with Gasteiger partial charge in [-0.15, -0.1) is 0 Å². The quantitative estimate of drug-likeness (QED) is 0.546. The molecular formula is C20H15Cl2FN2O4. The molecule has 0 aliphatic rings. The third kappa shape index (κ3) is 5.73. The fourth-order valence-corrected chi connectivity index (χ4v) is 2.59. The number of carbonyl (C=O) groups excluding carboxylic acids is 2.